The molecule has 0 bridgehead atoms. The fourth-order valence-corrected chi connectivity index (χ4v) is 3.10. The molecule has 1 aliphatic rings. The maximum Gasteiger partial charge on any atom is 0.0730 e. The van der Waals surface area contributed by atoms with Gasteiger partial charge >= 0.3 is 0 Å². The van der Waals surface area contributed by atoms with E-state index in [2.05, 4.69) is 33.0 Å². The lowest BCUT2D eigenvalue weighted by molar-refractivity contribution is -0.0178. The number of rotatable bonds is 9. The molecule has 1 saturated carbocycles. The zero-order valence-electron chi connectivity index (χ0n) is 13.6. The Labute approximate surface area is 120 Å². The molecule has 1 rings (SSSR count). The van der Waals surface area contributed by atoms with Crippen LogP contribution in [-0.2, 0) is 4.74 Å². The van der Waals surface area contributed by atoms with Gasteiger partial charge in [0.15, 0.2) is 0 Å². The first-order valence-corrected chi connectivity index (χ1v) is 8.54. The fraction of sp³-hybridized carbons (Fsp3) is 1.00. The summed E-state index contributed by atoms with van der Waals surface area (Å²) in [6.45, 7) is 11.3. The summed E-state index contributed by atoms with van der Waals surface area (Å²) in [6.07, 6.45) is 9.38. The Morgan fingerprint density at radius 1 is 1.11 bits per heavy atom. The fourth-order valence-electron chi connectivity index (χ4n) is 3.10. The topological polar surface area (TPSA) is 21.3 Å². The molecule has 1 fully saturated rings. The van der Waals surface area contributed by atoms with Crippen molar-refractivity contribution in [3.8, 4) is 0 Å². The monoisotopic (exact) mass is 269 g/mol. The second-order valence-corrected chi connectivity index (χ2v) is 6.49. The van der Waals surface area contributed by atoms with E-state index in [-0.39, 0.29) is 0 Å². The molecule has 0 spiro atoms. The van der Waals surface area contributed by atoms with Crippen molar-refractivity contribution in [2.75, 3.05) is 13.2 Å². The average Bonchev–Trinajstić information content (AvgIpc) is 2.41. The van der Waals surface area contributed by atoms with Gasteiger partial charge in [0.2, 0.25) is 0 Å². The largest absolute Gasteiger partial charge is 0.377 e. The molecule has 2 heteroatoms. The molecule has 0 heterocycles. The van der Waals surface area contributed by atoms with E-state index >= 15 is 0 Å². The highest BCUT2D eigenvalue weighted by molar-refractivity contribution is 4.86. The van der Waals surface area contributed by atoms with Gasteiger partial charge in [-0.3, -0.25) is 0 Å². The van der Waals surface area contributed by atoms with Crippen LogP contribution in [-0.4, -0.2) is 25.3 Å². The smallest absolute Gasteiger partial charge is 0.0730 e. The molecule has 1 aliphatic carbocycles. The van der Waals surface area contributed by atoms with Crippen molar-refractivity contribution in [3.05, 3.63) is 0 Å². The molecule has 3 unspecified atom stereocenters. The molecule has 114 valence electrons. The number of unbranched alkanes of at least 4 members (excludes halogenated alkanes) is 2. The maximum absolute atomic E-state index is 6.21. The quantitative estimate of drug-likeness (QED) is 0.627. The minimum Gasteiger partial charge on any atom is -0.377 e. The van der Waals surface area contributed by atoms with E-state index in [4.69, 9.17) is 4.74 Å². The molecule has 0 saturated heterocycles. The molecule has 0 aromatic carbocycles. The lowest BCUT2D eigenvalue weighted by Crippen LogP contribution is -2.46. The van der Waals surface area contributed by atoms with Crippen LogP contribution < -0.4 is 5.32 Å². The summed E-state index contributed by atoms with van der Waals surface area (Å²) in [5.74, 6) is 1.66. The van der Waals surface area contributed by atoms with Crippen LogP contribution in [0.4, 0.5) is 0 Å². The predicted molar refractivity (Wildman–Crippen MR) is 83.5 cm³/mol. The molecule has 1 N–H and O–H groups in total. The summed E-state index contributed by atoms with van der Waals surface area (Å²) >= 11 is 0. The van der Waals surface area contributed by atoms with Crippen LogP contribution in [0.15, 0.2) is 0 Å². The molecule has 0 aromatic rings. The Bertz CT molecular complexity index is 217. The Balaban J connectivity index is 2.40. The maximum atomic E-state index is 6.21. The standard InChI is InChI=1S/C17H35NO/c1-5-7-8-12-19-17-13-15(14(3)4)9-10-16(17)18-11-6-2/h14-18H,5-13H2,1-4H3. The second-order valence-electron chi connectivity index (χ2n) is 6.49. The zero-order chi connectivity index (χ0) is 14.1. The van der Waals surface area contributed by atoms with Gasteiger partial charge in [-0.15, -0.1) is 0 Å². The highest BCUT2D eigenvalue weighted by atomic mass is 16.5. The Morgan fingerprint density at radius 2 is 1.89 bits per heavy atom. The van der Waals surface area contributed by atoms with Crippen LogP contribution in [0.1, 0.15) is 72.6 Å². The Hall–Kier alpha value is -0.0800. The van der Waals surface area contributed by atoms with Crippen molar-refractivity contribution in [3.63, 3.8) is 0 Å². The van der Waals surface area contributed by atoms with Crippen molar-refractivity contribution in [1.82, 2.24) is 5.32 Å². The van der Waals surface area contributed by atoms with E-state index in [0.717, 1.165) is 25.0 Å². The Kier molecular flexibility index (Phi) is 8.72. The summed E-state index contributed by atoms with van der Waals surface area (Å²) in [7, 11) is 0. The highest BCUT2D eigenvalue weighted by Gasteiger charge is 2.31. The molecular formula is C17H35NO. The summed E-state index contributed by atoms with van der Waals surface area (Å²) in [6, 6.07) is 0.594. The van der Waals surface area contributed by atoms with Gasteiger partial charge in [0.1, 0.15) is 0 Å². The lowest BCUT2D eigenvalue weighted by atomic mass is 9.78. The SMILES string of the molecule is CCCCCOC1CC(C(C)C)CCC1NCCC. The van der Waals surface area contributed by atoms with E-state index < -0.39 is 0 Å². The third-order valence-corrected chi connectivity index (χ3v) is 4.51. The minimum atomic E-state index is 0.449. The van der Waals surface area contributed by atoms with Crippen molar-refractivity contribution in [2.45, 2.75) is 84.8 Å². The first-order valence-electron chi connectivity index (χ1n) is 8.54. The van der Waals surface area contributed by atoms with Gasteiger partial charge in [-0.2, -0.15) is 0 Å². The summed E-state index contributed by atoms with van der Waals surface area (Å²) < 4.78 is 6.21. The molecule has 19 heavy (non-hydrogen) atoms. The van der Waals surface area contributed by atoms with Gasteiger partial charge in [-0.05, 0) is 50.5 Å². The van der Waals surface area contributed by atoms with E-state index in [0.29, 0.717) is 12.1 Å². The highest BCUT2D eigenvalue weighted by Crippen LogP contribution is 2.32. The van der Waals surface area contributed by atoms with Gasteiger partial charge in [0.05, 0.1) is 6.10 Å². The lowest BCUT2D eigenvalue weighted by Gasteiger charge is -2.38. The van der Waals surface area contributed by atoms with Crippen LogP contribution in [0.3, 0.4) is 0 Å². The molecule has 0 aromatic heterocycles. The van der Waals surface area contributed by atoms with Crippen LogP contribution in [0.5, 0.6) is 0 Å². The molecule has 2 nitrogen and oxygen atoms in total. The molecular weight excluding hydrogens is 234 g/mol. The summed E-state index contributed by atoms with van der Waals surface area (Å²) in [5.41, 5.74) is 0. The number of nitrogens with one attached hydrogen (secondary N) is 1. The Morgan fingerprint density at radius 3 is 2.53 bits per heavy atom. The van der Waals surface area contributed by atoms with Crippen molar-refractivity contribution >= 4 is 0 Å². The summed E-state index contributed by atoms with van der Waals surface area (Å²) in [5, 5.41) is 3.70. The molecule has 0 radical (unpaired) electrons. The average molecular weight is 269 g/mol. The van der Waals surface area contributed by atoms with Crippen LogP contribution in [0, 0.1) is 11.8 Å². The second kappa shape index (κ2) is 9.77. The molecule has 0 amide bonds. The summed E-state index contributed by atoms with van der Waals surface area (Å²) in [4.78, 5) is 0. The van der Waals surface area contributed by atoms with Gasteiger partial charge < -0.3 is 10.1 Å². The van der Waals surface area contributed by atoms with Gasteiger partial charge in [0, 0.05) is 12.6 Å². The van der Waals surface area contributed by atoms with Crippen molar-refractivity contribution in [2.24, 2.45) is 11.8 Å². The van der Waals surface area contributed by atoms with Crippen LogP contribution in [0.2, 0.25) is 0 Å². The van der Waals surface area contributed by atoms with Gasteiger partial charge in [-0.1, -0.05) is 40.5 Å². The first-order chi connectivity index (χ1) is 9.19. The normalized spacial score (nSPS) is 27.9. The number of hydrogen-bond donors (Lipinski definition) is 1. The number of hydrogen-bond acceptors (Lipinski definition) is 2. The third kappa shape index (κ3) is 6.27. The molecule has 0 aliphatic heterocycles. The van der Waals surface area contributed by atoms with E-state index in [1.165, 1.54) is 44.9 Å². The van der Waals surface area contributed by atoms with Crippen LogP contribution >= 0.6 is 0 Å². The van der Waals surface area contributed by atoms with Crippen LogP contribution in [0.25, 0.3) is 0 Å². The van der Waals surface area contributed by atoms with Gasteiger partial charge in [-0.25, -0.2) is 0 Å². The van der Waals surface area contributed by atoms with E-state index in [1.54, 1.807) is 0 Å². The zero-order valence-corrected chi connectivity index (χ0v) is 13.6. The van der Waals surface area contributed by atoms with Gasteiger partial charge in [0.25, 0.3) is 0 Å². The van der Waals surface area contributed by atoms with E-state index in [1.807, 2.05) is 0 Å². The van der Waals surface area contributed by atoms with Crippen molar-refractivity contribution in [1.29, 1.82) is 0 Å². The minimum absolute atomic E-state index is 0.449. The predicted octanol–water partition coefficient (Wildman–Crippen LogP) is 4.39. The molecule has 3 atom stereocenters. The van der Waals surface area contributed by atoms with Crippen molar-refractivity contribution < 1.29 is 4.74 Å². The first kappa shape index (κ1) is 17.0. The number of ether oxygens (including phenoxy) is 1. The third-order valence-electron chi connectivity index (χ3n) is 4.51. The van der Waals surface area contributed by atoms with E-state index in [9.17, 15) is 0 Å².